The highest BCUT2D eigenvalue weighted by Crippen LogP contribution is 2.47. The smallest absolute Gasteiger partial charge is 0.248 e. The molecule has 29 heavy (non-hydrogen) atoms. The van der Waals surface area contributed by atoms with E-state index in [1.807, 2.05) is 4.90 Å². The van der Waals surface area contributed by atoms with E-state index in [9.17, 15) is 4.79 Å². The van der Waals surface area contributed by atoms with Crippen LogP contribution >= 0.6 is 0 Å². The van der Waals surface area contributed by atoms with Gasteiger partial charge in [-0.15, -0.1) is 0 Å². The zero-order valence-electron chi connectivity index (χ0n) is 18.7. The van der Waals surface area contributed by atoms with Crippen LogP contribution in [0.4, 0.5) is 0 Å². The zero-order chi connectivity index (χ0) is 20.1. The van der Waals surface area contributed by atoms with E-state index in [1.54, 1.807) is 0 Å². The van der Waals surface area contributed by atoms with Gasteiger partial charge in [-0.3, -0.25) is 4.79 Å². The van der Waals surface area contributed by atoms with Crippen LogP contribution in [-0.2, 0) is 9.53 Å². The van der Waals surface area contributed by atoms with E-state index in [2.05, 4.69) is 12.4 Å². The summed E-state index contributed by atoms with van der Waals surface area (Å²) in [7, 11) is 2.10. The molecular weight excluding hydrogens is 360 g/mol. The first-order chi connectivity index (χ1) is 14.3. The lowest BCUT2D eigenvalue weighted by atomic mass is 9.63. The van der Waals surface area contributed by atoms with Crippen molar-refractivity contribution in [3.05, 3.63) is 0 Å². The normalized spacial score (nSPS) is 32.9. The molecule has 0 aromatic heterocycles. The molecule has 1 heterocycles. The van der Waals surface area contributed by atoms with Crippen molar-refractivity contribution in [1.29, 1.82) is 0 Å². The Kier molecular flexibility index (Phi) is 7.91. The molecule has 0 spiro atoms. The van der Waals surface area contributed by atoms with Crippen LogP contribution in [0.2, 0.25) is 0 Å². The van der Waals surface area contributed by atoms with Crippen LogP contribution in [0.3, 0.4) is 0 Å². The number of amides is 1. The zero-order valence-corrected chi connectivity index (χ0v) is 18.7. The van der Waals surface area contributed by atoms with Gasteiger partial charge in [0.05, 0.1) is 6.10 Å². The number of likely N-dealkylation sites (tertiary alicyclic amines) is 1. The van der Waals surface area contributed by atoms with Crippen LogP contribution in [-0.4, -0.2) is 50.2 Å². The van der Waals surface area contributed by atoms with Gasteiger partial charge in [0, 0.05) is 25.6 Å². The third kappa shape index (κ3) is 5.36. The first-order valence-corrected chi connectivity index (χ1v) is 12.8. The van der Waals surface area contributed by atoms with Crippen molar-refractivity contribution in [3.63, 3.8) is 0 Å². The van der Waals surface area contributed by atoms with E-state index in [4.69, 9.17) is 4.74 Å². The topological polar surface area (TPSA) is 41.6 Å². The molecule has 5 atom stereocenters. The Morgan fingerprint density at radius 3 is 2.31 bits per heavy atom. The van der Waals surface area contributed by atoms with Crippen molar-refractivity contribution in [2.45, 2.75) is 89.6 Å². The molecule has 4 fully saturated rings. The van der Waals surface area contributed by atoms with E-state index in [1.165, 1.54) is 77.0 Å². The molecular formula is C25H44N2O2. The molecule has 1 saturated heterocycles. The lowest BCUT2D eigenvalue weighted by molar-refractivity contribution is -0.146. The van der Waals surface area contributed by atoms with E-state index >= 15 is 0 Å². The second-order valence-electron chi connectivity index (χ2n) is 10.5. The molecule has 0 radical (unpaired) electrons. The van der Waals surface area contributed by atoms with Gasteiger partial charge in [-0.05, 0) is 69.2 Å². The molecule has 3 saturated carbocycles. The summed E-state index contributed by atoms with van der Waals surface area (Å²) in [6.07, 6.45) is 18.1. The summed E-state index contributed by atoms with van der Waals surface area (Å²) >= 11 is 0. The average molecular weight is 405 g/mol. The van der Waals surface area contributed by atoms with Crippen molar-refractivity contribution < 1.29 is 9.53 Å². The highest BCUT2D eigenvalue weighted by Gasteiger charge is 2.41. The summed E-state index contributed by atoms with van der Waals surface area (Å²) in [5.74, 6) is 4.16. The van der Waals surface area contributed by atoms with Crippen molar-refractivity contribution in [2.75, 3.05) is 33.3 Å². The van der Waals surface area contributed by atoms with Crippen LogP contribution in [0.25, 0.3) is 0 Å². The van der Waals surface area contributed by atoms with Gasteiger partial charge >= 0.3 is 0 Å². The van der Waals surface area contributed by atoms with E-state index in [0.717, 1.165) is 43.8 Å². The number of carbonyl (C=O) groups excluding carboxylic acids is 1. The van der Waals surface area contributed by atoms with Gasteiger partial charge in [0.2, 0.25) is 5.91 Å². The minimum atomic E-state index is 0.219. The third-order valence-corrected chi connectivity index (χ3v) is 8.77. The summed E-state index contributed by atoms with van der Waals surface area (Å²) in [5.41, 5.74) is 0. The number of carbonyl (C=O) groups is 1. The molecule has 0 aromatic rings. The maximum atomic E-state index is 12.5. The van der Waals surface area contributed by atoms with Crippen molar-refractivity contribution >= 4 is 5.91 Å². The first-order valence-electron chi connectivity index (χ1n) is 12.8. The Morgan fingerprint density at radius 2 is 1.62 bits per heavy atom. The summed E-state index contributed by atoms with van der Waals surface area (Å²) in [6, 6.07) is 0. The number of nitrogens with one attached hydrogen (secondary N) is 1. The molecule has 4 nitrogen and oxygen atoms in total. The fourth-order valence-electron chi connectivity index (χ4n) is 6.98. The number of nitrogens with zero attached hydrogens (tertiary/aromatic N) is 1. The monoisotopic (exact) mass is 404 g/mol. The van der Waals surface area contributed by atoms with Gasteiger partial charge in [0.1, 0.15) is 6.61 Å². The molecule has 1 aliphatic heterocycles. The Hall–Kier alpha value is -0.610. The van der Waals surface area contributed by atoms with E-state index < -0.39 is 0 Å². The lowest BCUT2D eigenvalue weighted by Crippen LogP contribution is -2.48. The molecule has 3 aliphatic carbocycles. The fourth-order valence-corrected chi connectivity index (χ4v) is 6.98. The molecule has 4 rings (SSSR count). The number of fused-ring (bicyclic) bond motifs is 1. The van der Waals surface area contributed by atoms with Gasteiger partial charge in [-0.1, -0.05) is 44.9 Å². The Morgan fingerprint density at radius 1 is 0.897 bits per heavy atom. The van der Waals surface area contributed by atoms with Crippen LogP contribution in [0.15, 0.2) is 0 Å². The molecule has 1 N–H and O–H groups in total. The molecule has 3 unspecified atom stereocenters. The highest BCUT2D eigenvalue weighted by atomic mass is 16.5. The molecule has 0 bridgehead atoms. The summed E-state index contributed by atoms with van der Waals surface area (Å²) < 4.78 is 6.57. The van der Waals surface area contributed by atoms with E-state index in [-0.39, 0.29) is 12.0 Å². The predicted octanol–water partition coefficient (Wildman–Crippen LogP) is 4.63. The van der Waals surface area contributed by atoms with Crippen LogP contribution in [0, 0.1) is 29.6 Å². The lowest BCUT2D eigenvalue weighted by Gasteiger charge is -2.45. The van der Waals surface area contributed by atoms with Crippen LogP contribution in [0.5, 0.6) is 0 Å². The third-order valence-electron chi connectivity index (χ3n) is 8.77. The van der Waals surface area contributed by atoms with Gasteiger partial charge in [0.15, 0.2) is 0 Å². The maximum Gasteiger partial charge on any atom is 0.248 e. The Balaban J connectivity index is 1.44. The molecule has 4 aliphatic rings. The second kappa shape index (κ2) is 10.6. The molecule has 4 heteroatoms. The van der Waals surface area contributed by atoms with Gasteiger partial charge < -0.3 is 15.0 Å². The number of hydrogen-bond acceptors (Lipinski definition) is 3. The first kappa shape index (κ1) is 21.6. The van der Waals surface area contributed by atoms with Gasteiger partial charge in [0.25, 0.3) is 0 Å². The minimum absolute atomic E-state index is 0.219. The number of ether oxygens (including phenoxy) is 1. The summed E-state index contributed by atoms with van der Waals surface area (Å²) in [6.45, 7) is 3.21. The van der Waals surface area contributed by atoms with E-state index in [0.29, 0.717) is 18.4 Å². The molecule has 0 aromatic carbocycles. The van der Waals surface area contributed by atoms with Gasteiger partial charge in [-0.25, -0.2) is 0 Å². The Bertz CT molecular complexity index is 515. The highest BCUT2D eigenvalue weighted by molar-refractivity contribution is 5.78. The van der Waals surface area contributed by atoms with Crippen molar-refractivity contribution in [1.82, 2.24) is 10.2 Å². The molecule has 166 valence electrons. The summed E-state index contributed by atoms with van der Waals surface area (Å²) in [5, 5.41) is 3.51. The molecule has 1 amide bonds. The standard InChI is InChI=1S/C25H44N2O2/c1-26-17-23(22-13-12-19-8-5-6-11-21(19)16-22)25(20-9-3-2-4-10-20)29-18-24(28)27-14-7-15-27/h19-23,25-26H,2-18H2,1H3/t19?,21?,22?,23-,25-/m1/s1. The SMILES string of the molecule is CNC[C@H](C1CCC2CCCCC2C1)[C@H](OCC(=O)N1CCC1)C1CCCCC1. The minimum Gasteiger partial charge on any atom is -0.368 e. The fraction of sp³-hybridized carbons (Fsp3) is 0.960. The van der Waals surface area contributed by atoms with Crippen molar-refractivity contribution in [3.8, 4) is 0 Å². The maximum absolute atomic E-state index is 12.5. The number of hydrogen-bond donors (Lipinski definition) is 1. The second-order valence-corrected chi connectivity index (χ2v) is 10.5. The Labute approximate surface area is 178 Å². The average Bonchev–Trinajstić information content (AvgIpc) is 2.72. The summed E-state index contributed by atoms with van der Waals surface area (Å²) in [4.78, 5) is 14.5. The van der Waals surface area contributed by atoms with Crippen LogP contribution < -0.4 is 5.32 Å². The predicted molar refractivity (Wildman–Crippen MR) is 118 cm³/mol. The van der Waals surface area contributed by atoms with Gasteiger partial charge in [-0.2, -0.15) is 0 Å². The van der Waals surface area contributed by atoms with Crippen molar-refractivity contribution in [2.24, 2.45) is 29.6 Å². The quantitative estimate of drug-likeness (QED) is 0.641. The van der Waals surface area contributed by atoms with Crippen LogP contribution in [0.1, 0.15) is 83.5 Å². The number of rotatable bonds is 8. The largest absolute Gasteiger partial charge is 0.368 e.